The largest absolute Gasteiger partial charge is 0.491 e. The van der Waals surface area contributed by atoms with E-state index in [1.807, 2.05) is 38.1 Å². The first kappa shape index (κ1) is 17.5. The summed E-state index contributed by atoms with van der Waals surface area (Å²) in [5.41, 5.74) is 0.622. The van der Waals surface area contributed by atoms with Crippen molar-refractivity contribution in [2.24, 2.45) is 0 Å². The van der Waals surface area contributed by atoms with Gasteiger partial charge in [-0.1, -0.05) is 0 Å². The highest BCUT2D eigenvalue weighted by molar-refractivity contribution is 7.12. The Labute approximate surface area is 141 Å². The van der Waals surface area contributed by atoms with Gasteiger partial charge in [-0.05, 0) is 63.6 Å². The van der Waals surface area contributed by atoms with Gasteiger partial charge in [0.1, 0.15) is 5.75 Å². The lowest BCUT2D eigenvalue weighted by molar-refractivity contribution is 0.0954. The van der Waals surface area contributed by atoms with Crippen LogP contribution in [0.2, 0.25) is 0 Å². The van der Waals surface area contributed by atoms with Crippen molar-refractivity contribution < 1.29 is 14.6 Å². The predicted octanol–water partition coefficient (Wildman–Crippen LogP) is 3.56. The average molecular weight is 333 g/mol. The molecule has 1 aromatic heterocycles. The standard InChI is InChI=1S/C18H23NO3S/c1-12(2)22-15-6-4-14(5-7-15)18(21)19-11-10-16-8-9-17(23-16)13(3)20/h4-9,12-13,20H,10-11H2,1-3H3,(H,19,21)/t13-/m1/s1. The number of nitrogens with one attached hydrogen (secondary N) is 1. The molecule has 2 N–H and O–H groups in total. The van der Waals surface area contributed by atoms with Gasteiger partial charge >= 0.3 is 0 Å². The van der Waals surface area contributed by atoms with Crippen LogP contribution in [0.15, 0.2) is 36.4 Å². The number of carbonyl (C=O) groups excluding carboxylic acids is 1. The Hall–Kier alpha value is -1.85. The van der Waals surface area contributed by atoms with Crippen molar-refractivity contribution in [3.05, 3.63) is 51.7 Å². The van der Waals surface area contributed by atoms with Gasteiger partial charge in [0.15, 0.2) is 0 Å². The molecular formula is C18H23NO3S. The van der Waals surface area contributed by atoms with E-state index in [1.165, 1.54) is 0 Å². The minimum absolute atomic E-state index is 0.0894. The molecule has 1 atom stereocenters. The molecule has 0 aliphatic carbocycles. The number of carbonyl (C=O) groups is 1. The van der Waals surface area contributed by atoms with Crippen molar-refractivity contribution in [1.29, 1.82) is 0 Å². The lowest BCUT2D eigenvalue weighted by atomic mass is 10.2. The Morgan fingerprint density at radius 1 is 1.17 bits per heavy atom. The molecule has 124 valence electrons. The van der Waals surface area contributed by atoms with Crippen LogP contribution >= 0.6 is 11.3 Å². The van der Waals surface area contributed by atoms with E-state index in [0.717, 1.165) is 21.9 Å². The maximum Gasteiger partial charge on any atom is 0.251 e. The molecule has 0 bridgehead atoms. The fourth-order valence-corrected chi connectivity index (χ4v) is 3.06. The number of thiophene rings is 1. The zero-order valence-corrected chi connectivity index (χ0v) is 14.5. The quantitative estimate of drug-likeness (QED) is 0.814. The minimum atomic E-state index is -0.435. The fraction of sp³-hybridized carbons (Fsp3) is 0.389. The Bertz CT molecular complexity index is 632. The van der Waals surface area contributed by atoms with Gasteiger partial charge in [-0.3, -0.25) is 4.79 Å². The minimum Gasteiger partial charge on any atom is -0.491 e. The van der Waals surface area contributed by atoms with E-state index in [-0.39, 0.29) is 12.0 Å². The third-order valence-corrected chi connectivity index (χ3v) is 4.55. The highest BCUT2D eigenvalue weighted by atomic mass is 32.1. The van der Waals surface area contributed by atoms with Crippen LogP contribution in [0.25, 0.3) is 0 Å². The van der Waals surface area contributed by atoms with Gasteiger partial charge in [0.2, 0.25) is 0 Å². The molecule has 5 heteroatoms. The summed E-state index contributed by atoms with van der Waals surface area (Å²) in [6.45, 7) is 6.26. The van der Waals surface area contributed by atoms with Crippen LogP contribution in [0.4, 0.5) is 0 Å². The van der Waals surface area contributed by atoms with Crippen LogP contribution in [-0.4, -0.2) is 23.7 Å². The van der Waals surface area contributed by atoms with Gasteiger partial charge in [0, 0.05) is 21.9 Å². The summed E-state index contributed by atoms with van der Waals surface area (Å²) >= 11 is 1.58. The number of hydrogen-bond acceptors (Lipinski definition) is 4. The molecule has 2 aromatic rings. The number of rotatable bonds is 7. The molecule has 0 spiro atoms. The average Bonchev–Trinajstić information content (AvgIpc) is 2.96. The number of aliphatic hydroxyl groups is 1. The number of benzene rings is 1. The molecule has 4 nitrogen and oxygen atoms in total. The fourth-order valence-electron chi connectivity index (χ4n) is 2.11. The second-order valence-corrected chi connectivity index (χ2v) is 6.88. The summed E-state index contributed by atoms with van der Waals surface area (Å²) in [6.07, 6.45) is 0.444. The Morgan fingerprint density at radius 3 is 2.43 bits per heavy atom. The van der Waals surface area contributed by atoms with Crippen molar-refractivity contribution >= 4 is 17.2 Å². The SMILES string of the molecule is CC(C)Oc1ccc(C(=O)NCCc2ccc([C@@H](C)O)s2)cc1. The molecule has 1 amide bonds. The second kappa shape index (κ2) is 8.13. The number of ether oxygens (including phenoxy) is 1. The van der Waals surface area contributed by atoms with E-state index >= 15 is 0 Å². The molecule has 0 saturated carbocycles. The molecule has 1 heterocycles. The van der Waals surface area contributed by atoms with E-state index < -0.39 is 6.10 Å². The lowest BCUT2D eigenvalue weighted by Gasteiger charge is -2.10. The summed E-state index contributed by atoms with van der Waals surface area (Å²) in [5, 5.41) is 12.4. The summed E-state index contributed by atoms with van der Waals surface area (Å²) in [7, 11) is 0. The van der Waals surface area contributed by atoms with Gasteiger partial charge in [-0.25, -0.2) is 0 Å². The summed E-state index contributed by atoms with van der Waals surface area (Å²) < 4.78 is 5.56. The Kier molecular flexibility index (Phi) is 6.19. The van der Waals surface area contributed by atoms with E-state index in [1.54, 1.807) is 30.4 Å². The highest BCUT2D eigenvalue weighted by Gasteiger charge is 2.08. The molecule has 0 aliphatic rings. The maximum atomic E-state index is 12.1. The van der Waals surface area contributed by atoms with E-state index in [2.05, 4.69) is 5.32 Å². The van der Waals surface area contributed by atoms with Gasteiger partial charge in [-0.2, -0.15) is 0 Å². The second-order valence-electron chi connectivity index (χ2n) is 5.68. The van der Waals surface area contributed by atoms with Crippen molar-refractivity contribution in [2.45, 2.75) is 39.4 Å². The van der Waals surface area contributed by atoms with Crippen LogP contribution < -0.4 is 10.1 Å². The van der Waals surface area contributed by atoms with Crippen molar-refractivity contribution in [1.82, 2.24) is 5.32 Å². The van der Waals surface area contributed by atoms with Crippen molar-refractivity contribution in [2.75, 3.05) is 6.54 Å². The first-order chi connectivity index (χ1) is 11.0. The van der Waals surface area contributed by atoms with Crippen LogP contribution in [0.1, 0.15) is 47.0 Å². The van der Waals surface area contributed by atoms with E-state index in [9.17, 15) is 9.90 Å². The molecule has 0 fully saturated rings. The van der Waals surface area contributed by atoms with Gasteiger partial charge in [0.25, 0.3) is 5.91 Å². The maximum absolute atomic E-state index is 12.1. The zero-order valence-electron chi connectivity index (χ0n) is 13.7. The first-order valence-electron chi connectivity index (χ1n) is 7.77. The summed E-state index contributed by atoms with van der Waals surface area (Å²) in [5.74, 6) is 0.675. The molecule has 2 rings (SSSR count). The van der Waals surface area contributed by atoms with Crippen LogP contribution in [-0.2, 0) is 6.42 Å². The van der Waals surface area contributed by atoms with Crippen LogP contribution in [0, 0.1) is 0 Å². The molecule has 1 aromatic carbocycles. The number of hydrogen-bond donors (Lipinski definition) is 2. The lowest BCUT2D eigenvalue weighted by Crippen LogP contribution is -2.25. The third kappa shape index (κ3) is 5.37. The Morgan fingerprint density at radius 2 is 1.87 bits per heavy atom. The van der Waals surface area contributed by atoms with Crippen LogP contribution in [0.3, 0.4) is 0 Å². The molecule has 0 aliphatic heterocycles. The summed E-state index contributed by atoms with van der Waals surface area (Å²) in [6, 6.07) is 11.1. The third-order valence-electron chi connectivity index (χ3n) is 3.24. The van der Waals surface area contributed by atoms with Gasteiger partial charge < -0.3 is 15.2 Å². The number of amides is 1. The van der Waals surface area contributed by atoms with Crippen molar-refractivity contribution in [3.63, 3.8) is 0 Å². The number of aliphatic hydroxyl groups excluding tert-OH is 1. The van der Waals surface area contributed by atoms with Gasteiger partial charge in [-0.15, -0.1) is 11.3 Å². The van der Waals surface area contributed by atoms with Gasteiger partial charge in [0.05, 0.1) is 12.2 Å². The van der Waals surface area contributed by atoms with Crippen LogP contribution in [0.5, 0.6) is 5.75 Å². The molecule has 0 radical (unpaired) electrons. The predicted molar refractivity (Wildman–Crippen MR) is 93.2 cm³/mol. The monoisotopic (exact) mass is 333 g/mol. The first-order valence-corrected chi connectivity index (χ1v) is 8.59. The zero-order chi connectivity index (χ0) is 16.8. The van der Waals surface area contributed by atoms with Crippen molar-refractivity contribution in [3.8, 4) is 5.75 Å². The normalized spacial score (nSPS) is 12.2. The Balaban J connectivity index is 1.82. The van der Waals surface area contributed by atoms with E-state index in [0.29, 0.717) is 12.1 Å². The topological polar surface area (TPSA) is 58.6 Å². The molecule has 0 saturated heterocycles. The molecule has 0 unspecified atom stereocenters. The summed E-state index contributed by atoms with van der Waals surface area (Å²) in [4.78, 5) is 14.2. The smallest absolute Gasteiger partial charge is 0.251 e. The molecular weight excluding hydrogens is 310 g/mol. The van der Waals surface area contributed by atoms with E-state index in [4.69, 9.17) is 4.74 Å². The highest BCUT2D eigenvalue weighted by Crippen LogP contribution is 2.23. The molecule has 23 heavy (non-hydrogen) atoms.